The quantitative estimate of drug-likeness (QED) is 0.366. The molecule has 0 bridgehead atoms. The first-order valence-electron chi connectivity index (χ1n) is 12.6. The van der Waals surface area contributed by atoms with Gasteiger partial charge >= 0.3 is 5.97 Å². The minimum absolute atomic E-state index is 0.00157. The van der Waals surface area contributed by atoms with Gasteiger partial charge in [0.2, 0.25) is 0 Å². The Balaban J connectivity index is 1.69. The number of hydrogen-bond donors (Lipinski definition) is 2. The van der Waals surface area contributed by atoms with Crippen molar-refractivity contribution in [1.82, 2.24) is 0 Å². The molecule has 2 N–H and O–H groups in total. The summed E-state index contributed by atoms with van der Waals surface area (Å²) in [6.07, 6.45) is 6.58. The van der Waals surface area contributed by atoms with Gasteiger partial charge in [0.25, 0.3) is 0 Å². The number of carbonyl (C=O) groups is 1. The van der Waals surface area contributed by atoms with E-state index < -0.39 is 12.1 Å². The Labute approximate surface area is 213 Å². The third-order valence-electron chi connectivity index (χ3n) is 7.59. The van der Waals surface area contributed by atoms with E-state index in [1.54, 1.807) is 30.3 Å². The van der Waals surface area contributed by atoms with Crippen molar-refractivity contribution in [3.05, 3.63) is 112 Å². The SMILES string of the molecule is CC1(C)CCC(C)(C)c2c(CCc3ccc(F)cc3)cc(C(O)C=Cc3ccc(C(=O)O)cc3)cc21. The number of rotatable bonds is 7. The molecule has 188 valence electrons. The molecule has 1 unspecified atom stereocenters. The average Bonchev–Trinajstić information content (AvgIpc) is 2.85. The summed E-state index contributed by atoms with van der Waals surface area (Å²) < 4.78 is 13.4. The monoisotopic (exact) mass is 486 g/mol. The molecule has 3 aromatic carbocycles. The highest BCUT2D eigenvalue weighted by Gasteiger charge is 2.39. The van der Waals surface area contributed by atoms with Gasteiger partial charge in [-0.3, -0.25) is 0 Å². The number of aliphatic hydroxyl groups is 1. The lowest BCUT2D eigenvalue weighted by Gasteiger charge is -2.43. The molecule has 0 aromatic heterocycles. The number of benzene rings is 3. The van der Waals surface area contributed by atoms with E-state index in [0.717, 1.165) is 42.4 Å². The third kappa shape index (κ3) is 5.60. The number of aryl methyl sites for hydroxylation is 2. The van der Waals surface area contributed by atoms with Crippen LogP contribution in [0.3, 0.4) is 0 Å². The summed E-state index contributed by atoms with van der Waals surface area (Å²) in [6.45, 7) is 9.17. The summed E-state index contributed by atoms with van der Waals surface area (Å²) in [4.78, 5) is 11.1. The lowest BCUT2D eigenvalue weighted by Crippen LogP contribution is -2.35. The molecule has 4 rings (SSSR count). The number of aromatic carboxylic acids is 1. The van der Waals surface area contributed by atoms with Gasteiger partial charge in [0.15, 0.2) is 0 Å². The standard InChI is InChI=1S/C32H35FO3/c1-31(2)17-18-32(3,4)29-24(13-7-22-8-14-26(33)15-9-22)19-25(20-27(29)31)28(34)16-10-21-5-11-23(12-6-21)30(35)36/h5-6,8-12,14-16,19-20,28,34H,7,13,17-18H2,1-4H3,(H,35,36). The van der Waals surface area contributed by atoms with Gasteiger partial charge in [0.05, 0.1) is 11.7 Å². The van der Waals surface area contributed by atoms with Crippen molar-refractivity contribution in [2.45, 2.75) is 70.3 Å². The second kappa shape index (κ2) is 10.0. The van der Waals surface area contributed by atoms with Gasteiger partial charge < -0.3 is 10.2 Å². The van der Waals surface area contributed by atoms with Gasteiger partial charge in [-0.15, -0.1) is 0 Å². The van der Waals surface area contributed by atoms with Crippen LogP contribution in [-0.2, 0) is 23.7 Å². The van der Waals surface area contributed by atoms with E-state index in [9.17, 15) is 14.3 Å². The molecule has 4 heteroatoms. The zero-order chi connectivity index (χ0) is 26.1. The van der Waals surface area contributed by atoms with Crippen LogP contribution in [0.2, 0.25) is 0 Å². The van der Waals surface area contributed by atoms with Crippen LogP contribution in [-0.4, -0.2) is 16.2 Å². The van der Waals surface area contributed by atoms with Crippen molar-refractivity contribution in [1.29, 1.82) is 0 Å². The lowest BCUT2D eigenvalue weighted by atomic mass is 9.61. The van der Waals surface area contributed by atoms with Crippen molar-refractivity contribution in [3.8, 4) is 0 Å². The molecule has 1 atom stereocenters. The average molecular weight is 487 g/mol. The van der Waals surface area contributed by atoms with Crippen molar-refractivity contribution in [2.24, 2.45) is 0 Å². The molecular weight excluding hydrogens is 451 g/mol. The molecule has 0 aliphatic heterocycles. The van der Waals surface area contributed by atoms with Gasteiger partial charge in [-0.25, -0.2) is 9.18 Å². The van der Waals surface area contributed by atoms with E-state index in [0.29, 0.717) is 0 Å². The molecule has 3 aromatic rings. The molecule has 0 saturated carbocycles. The number of carboxylic acids is 1. The first-order valence-corrected chi connectivity index (χ1v) is 12.6. The summed E-state index contributed by atoms with van der Waals surface area (Å²) in [7, 11) is 0. The predicted octanol–water partition coefficient (Wildman–Crippen LogP) is 7.40. The van der Waals surface area contributed by atoms with Crippen LogP contribution >= 0.6 is 0 Å². The molecule has 0 saturated heterocycles. The number of fused-ring (bicyclic) bond motifs is 1. The first kappa shape index (κ1) is 25.8. The fourth-order valence-corrected chi connectivity index (χ4v) is 5.29. The van der Waals surface area contributed by atoms with Crippen LogP contribution in [0.5, 0.6) is 0 Å². The molecule has 0 radical (unpaired) electrons. The fourth-order valence-electron chi connectivity index (χ4n) is 5.29. The summed E-state index contributed by atoms with van der Waals surface area (Å²) in [5.74, 6) is -1.19. The smallest absolute Gasteiger partial charge is 0.335 e. The molecule has 1 aliphatic rings. The summed E-state index contributed by atoms with van der Waals surface area (Å²) in [6, 6.07) is 17.6. The van der Waals surface area contributed by atoms with Crippen LogP contribution in [0.1, 0.15) is 90.4 Å². The van der Waals surface area contributed by atoms with E-state index in [1.807, 2.05) is 18.2 Å². The largest absolute Gasteiger partial charge is 0.478 e. The molecular formula is C32H35FO3. The lowest BCUT2D eigenvalue weighted by molar-refractivity contribution is 0.0697. The van der Waals surface area contributed by atoms with Crippen LogP contribution in [0.15, 0.2) is 66.7 Å². The molecule has 1 aliphatic carbocycles. The molecule has 36 heavy (non-hydrogen) atoms. The molecule has 0 fully saturated rings. The van der Waals surface area contributed by atoms with Gasteiger partial charge in [-0.2, -0.15) is 0 Å². The van der Waals surface area contributed by atoms with Crippen molar-refractivity contribution < 1.29 is 19.4 Å². The molecule has 3 nitrogen and oxygen atoms in total. The highest BCUT2D eigenvalue weighted by molar-refractivity contribution is 5.87. The number of carboxylic acid groups (broad SMARTS) is 1. The van der Waals surface area contributed by atoms with Crippen molar-refractivity contribution in [2.75, 3.05) is 0 Å². The maximum Gasteiger partial charge on any atom is 0.335 e. The van der Waals surface area contributed by atoms with Crippen LogP contribution in [0.25, 0.3) is 6.08 Å². The molecule has 0 heterocycles. The van der Waals surface area contributed by atoms with Gasteiger partial charge in [-0.05, 0) is 94.2 Å². The topological polar surface area (TPSA) is 57.5 Å². The zero-order valence-electron chi connectivity index (χ0n) is 21.5. The van der Waals surface area contributed by atoms with E-state index in [-0.39, 0.29) is 22.2 Å². The second-order valence-corrected chi connectivity index (χ2v) is 11.2. The highest BCUT2D eigenvalue weighted by atomic mass is 19.1. The minimum Gasteiger partial charge on any atom is -0.478 e. The Kier molecular flexibility index (Phi) is 7.19. The van der Waals surface area contributed by atoms with Crippen LogP contribution < -0.4 is 0 Å². The van der Waals surface area contributed by atoms with E-state index in [1.165, 1.54) is 28.8 Å². The zero-order valence-corrected chi connectivity index (χ0v) is 21.5. The maximum absolute atomic E-state index is 13.4. The number of hydrogen-bond acceptors (Lipinski definition) is 2. The van der Waals surface area contributed by atoms with E-state index in [2.05, 4.69) is 39.8 Å². The van der Waals surface area contributed by atoms with Crippen LogP contribution in [0.4, 0.5) is 4.39 Å². The van der Waals surface area contributed by atoms with Crippen molar-refractivity contribution >= 4 is 12.0 Å². The highest BCUT2D eigenvalue weighted by Crippen LogP contribution is 2.48. The van der Waals surface area contributed by atoms with Crippen molar-refractivity contribution in [3.63, 3.8) is 0 Å². The van der Waals surface area contributed by atoms with Gasteiger partial charge in [0.1, 0.15) is 5.82 Å². The fraction of sp³-hybridized carbons (Fsp3) is 0.344. The Bertz CT molecular complexity index is 1270. The Morgan fingerprint density at radius 1 is 0.944 bits per heavy atom. The summed E-state index contributed by atoms with van der Waals surface area (Å²) in [5.41, 5.74) is 6.96. The van der Waals surface area contributed by atoms with Gasteiger partial charge in [-0.1, -0.05) is 76.2 Å². The normalized spacial score (nSPS) is 17.1. The summed E-state index contributed by atoms with van der Waals surface area (Å²) in [5, 5.41) is 20.2. The van der Waals surface area contributed by atoms with Crippen LogP contribution in [0, 0.1) is 5.82 Å². The third-order valence-corrected chi connectivity index (χ3v) is 7.59. The van der Waals surface area contributed by atoms with E-state index >= 15 is 0 Å². The number of aliphatic hydroxyl groups excluding tert-OH is 1. The minimum atomic E-state index is -0.960. The molecule has 0 spiro atoms. The van der Waals surface area contributed by atoms with Gasteiger partial charge in [0, 0.05) is 0 Å². The predicted molar refractivity (Wildman–Crippen MR) is 143 cm³/mol. The summed E-state index contributed by atoms with van der Waals surface area (Å²) >= 11 is 0. The Morgan fingerprint density at radius 2 is 1.58 bits per heavy atom. The molecule has 0 amide bonds. The second-order valence-electron chi connectivity index (χ2n) is 11.2. The first-order chi connectivity index (χ1) is 17.0. The van der Waals surface area contributed by atoms with E-state index in [4.69, 9.17) is 5.11 Å². The maximum atomic E-state index is 13.4. The Morgan fingerprint density at radius 3 is 2.22 bits per heavy atom. The Hall–Kier alpha value is -3.24. The number of halogens is 1.